The van der Waals surface area contributed by atoms with E-state index in [0.717, 1.165) is 35.6 Å². The number of amides is 1. The Balaban J connectivity index is 1.23. The Hall–Kier alpha value is -3.04. The van der Waals surface area contributed by atoms with E-state index in [4.69, 9.17) is 0 Å². The molecule has 0 unspecified atom stereocenters. The molecule has 172 valence electrons. The Morgan fingerprint density at radius 1 is 1.09 bits per heavy atom. The van der Waals surface area contributed by atoms with E-state index >= 15 is 0 Å². The number of carbonyl (C=O) groups excluding carboxylic acids is 1. The van der Waals surface area contributed by atoms with E-state index < -0.39 is 9.84 Å². The fraction of sp³-hybridized carbons (Fsp3) is 0.375. The fourth-order valence-corrected chi connectivity index (χ4v) is 5.33. The summed E-state index contributed by atoms with van der Waals surface area (Å²) in [4.78, 5) is 19.6. The van der Waals surface area contributed by atoms with Crippen LogP contribution in [0.5, 0.6) is 0 Å². The zero-order chi connectivity index (χ0) is 23.0. The number of nitrogens with zero attached hydrogens (tertiary/aromatic N) is 4. The third-order valence-electron chi connectivity index (χ3n) is 6.16. The molecule has 0 spiro atoms. The normalized spacial score (nSPS) is 18.2. The largest absolute Gasteiger partial charge is 0.322 e. The van der Waals surface area contributed by atoms with E-state index in [0.29, 0.717) is 36.8 Å². The maximum absolute atomic E-state index is 12.8. The number of aryl methyl sites for hydroxylation is 1. The van der Waals surface area contributed by atoms with E-state index in [1.165, 1.54) is 0 Å². The topological polar surface area (TPSA) is 97.2 Å². The van der Waals surface area contributed by atoms with Crippen LogP contribution in [0.3, 0.4) is 0 Å². The SMILES string of the molecule is Cn1nc(C2CC2)nc1-c1ccc(NC(=O)c2cccc(CN3CCS(=O)(=O)CC3)c2)cc1. The van der Waals surface area contributed by atoms with Crippen molar-refractivity contribution in [2.75, 3.05) is 29.9 Å². The van der Waals surface area contributed by atoms with Crippen molar-refractivity contribution in [3.05, 3.63) is 65.5 Å². The number of hydrogen-bond acceptors (Lipinski definition) is 6. The molecule has 33 heavy (non-hydrogen) atoms. The van der Waals surface area contributed by atoms with Gasteiger partial charge in [-0.1, -0.05) is 12.1 Å². The minimum atomic E-state index is -2.90. The lowest BCUT2D eigenvalue weighted by Crippen LogP contribution is -2.39. The Labute approximate surface area is 193 Å². The molecule has 3 aromatic rings. The molecule has 1 aliphatic heterocycles. The summed E-state index contributed by atoms with van der Waals surface area (Å²) >= 11 is 0. The monoisotopic (exact) mass is 465 g/mol. The molecule has 2 heterocycles. The summed E-state index contributed by atoms with van der Waals surface area (Å²) in [5.74, 6) is 2.45. The number of carbonyl (C=O) groups is 1. The average molecular weight is 466 g/mol. The van der Waals surface area contributed by atoms with Gasteiger partial charge in [-0.3, -0.25) is 9.69 Å². The molecule has 0 radical (unpaired) electrons. The molecule has 1 aromatic heterocycles. The highest BCUT2D eigenvalue weighted by molar-refractivity contribution is 7.91. The predicted octanol–water partition coefficient (Wildman–Crippen LogP) is 2.84. The van der Waals surface area contributed by atoms with Gasteiger partial charge in [0, 0.05) is 49.4 Å². The molecule has 2 aliphatic rings. The van der Waals surface area contributed by atoms with Crippen molar-refractivity contribution >= 4 is 21.4 Å². The Morgan fingerprint density at radius 2 is 1.82 bits per heavy atom. The standard InChI is InChI=1S/C24H27N5O3S/c1-28-23(26-22(27-28)18-5-6-18)19-7-9-21(10-8-19)25-24(30)20-4-2-3-17(15-20)16-29-11-13-33(31,32)14-12-29/h2-4,7-10,15,18H,5-6,11-14,16H2,1H3,(H,25,30). The molecule has 1 aliphatic carbocycles. The van der Waals surface area contributed by atoms with Crippen molar-refractivity contribution in [3.8, 4) is 11.4 Å². The highest BCUT2D eigenvalue weighted by Crippen LogP contribution is 2.38. The molecular weight excluding hydrogens is 438 g/mol. The van der Waals surface area contributed by atoms with Crippen molar-refractivity contribution in [3.63, 3.8) is 0 Å². The van der Waals surface area contributed by atoms with Gasteiger partial charge in [0.15, 0.2) is 21.5 Å². The van der Waals surface area contributed by atoms with Gasteiger partial charge in [0.1, 0.15) is 0 Å². The molecule has 1 amide bonds. The molecule has 2 aromatic carbocycles. The number of rotatable bonds is 6. The van der Waals surface area contributed by atoms with Crippen LogP contribution >= 0.6 is 0 Å². The fourth-order valence-electron chi connectivity index (χ4n) is 4.05. The number of nitrogens with one attached hydrogen (secondary N) is 1. The smallest absolute Gasteiger partial charge is 0.255 e. The maximum atomic E-state index is 12.8. The first-order valence-corrected chi connectivity index (χ1v) is 13.0. The van der Waals surface area contributed by atoms with Crippen LogP contribution in [0, 0.1) is 0 Å². The zero-order valence-corrected chi connectivity index (χ0v) is 19.4. The summed E-state index contributed by atoms with van der Waals surface area (Å²) in [6.45, 7) is 1.68. The zero-order valence-electron chi connectivity index (χ0n) is 18.6. The van der Waals surface area contributed by atoms with Gasteiger partial charge in [0.05, 0.1) is 11.5 Å². The Bertz CT molecular complexity index is 1270. The third kappa shape index (κ3) is 5.15. The van der Waals surface area contributed by atoms with Crippen LogP contribution in [0.25, 0.3) is 11.4 Å². The number of aromatic nitrogens is 3. The first-order valence-electron chi connectivity index (χ1n) is 11.2. The van der Waals surface area contributed by atoms with Crippen molar-refractivity contribution < 1.29 is 13.2 Å². The van der Waals surface area contributed by atoms with Crippen molar-refractivity contribution in [2.24, 2.45) is 7.05 Å². The lowest BCUT2D eigenvalue weighted by Gasteiger charge is -2.26. The van der Waals surface area contributed by atoms with Crippen LogP contribution in [0.4, 0.5) is 5.69 Å². The van der Waals surface area contributed by atoms with Gasteiger partial charge >= 0.3 is 0 Å². The molecule has 1 saturated carbocycles. The summed E-state index contributed by atoms with van der Waals surface area (Å²) in [5.41, 5.74) is 3.23. The van der Waals surface area contributed by atoms with Crippen LogP contribution in [-0.2, 0) is 23.4 Å². The lowest BCUT2D eigenvalue weighted by molar-refractivity contribution is 0.102. The summed E-state index contributed by atoms with van der Waals surface area (Å²) in [7, 11) is -1.000. The molecule has 0 atom stereocenters. The predicted molar refractivity (Wildman–Crippen MR) is 127 cm³/mol. The first kappa shape index (κ1) is 21.8. The van der Waals surface area contributed by atoms with Crippen LogP contribution in [0.15, 0.2) is 48.5 Å². The van der Waals surface area contributed by atoms with Crippen molar-refractivity contribution in [1.82, 2.24) is 19.7 Å². The minimum Gasteiger partial charge on any atom is -0.322 e. The van der Waals surface area contributed by atoms with E-state index in [1.54, 1.807) is 6.07 Å². The highest BCUT2D eigenvalue weighted by Gasteiger charge is 2.28. The van der Waals surface area contributed by atoms with Crippen LogP contribution in [0.2, 0.25) is 0 Å². The maximum Gasteiger partial charge on any atom is 0.255 e. The van der Waals surface area contributed by atoms with Gasteiger partial charge in [-0.25, -0.2) is 18.1 Å². The van der Waals surface area contributed by atoms with Gasteiger partial charge in [-0.15, -0.1) is 0 Å². The second-order valence-corrected chi connectivity index (χ2v) is 11.2. The van der Waals surface area contributed by atoms with Crippen LogP contribution < -0.4 is 5.32 Å². The molecule has 5 rings (SSSR count). The van der Waals surface area contributed by atoms with E-state index in [2.05, 4.69) is 20.3 Å². The third-order valence-corrected chi connectivity index (χ3v) is 7.76. The average Bonchev–Trinajstić information content (AvgIpc) is 3.58. The van der Waals surface area contributed by atoms with Crippen LogP contribution in [-0.4, -0.2) is 58.6 Å². The number of hydrogen-bond donors (Lipinski definition) is 1. The molecule has 2 fully saturated rings. The van der Waals surface area contributed by atoms with Gasteiger partial charge < -0.3 is 5.32 Å². The van der Waals surface area contributed by atoms with Gasteiger partial charge in [0.25, 0.3) is 5.91 Å². The second-order valence-electron chi connectivity index (χ2n) is 8.85. The van der Waals surface area contributed by atoms with Crippen LogP contribution in [0.1, 0.15) is 40.5 Å². The first-order chi connectivity index (χ1) is 15.9. The van der Waals surface area contributed by atoms with E-state index in [9.17, 15) is 13.2 Å². The number of anilines is 1. The molecular formula is C24H27N5O3S. The summed E-state index contributed by atoms with van der Waals surface area (Å²) < 4.78 is 25.1. The lowest BCUT2D eigenvalue weighted by atomic mass is 10.1. The quantitative estimate of drug-likeness (QED) is 0.601. The van der Waals surface area contributed by atoms with Crippen molar-refractivity contribution in [2.45, 2.75) is 25.3 Å². The van der Waals surface area contributed by atoms with E-state index in [-0.39, 0.29) is 17.4 Å². The summed E-state index contributed by atoms with van der Waals surface area (Å²) in [6, 6.07) is 15.1. The molecule has 8 nitrogen and oxygen atoms in total. The minimum absolute atomic E-state index is 0.180. The molecule has 1 N–H and O–H groups in total. The Kier molecular flexibility index (Phi) is 5.76. The summed E-state index contributed by atoms with van der Waals surface area (Å²) in [6.07, 6.45) is 2.32. The number of sulfone groups is 1. The Morgan fingerprint density at radius 3 is 2.52 bits per heavy atom. The number of benzene rings is 2. The van der Waals surface area contributed by atoms with Gasteiger partial charge in [-0.2, -0.15) is 5.10 Å². The molecule has 1 saturated heterocycles. The molecule has 9 heteroatoms. The molecule has 0 bridgehead atoms. The summed E-state index contributed by atoms with van der Waals surface area (Å²) in [5, 5.41) is 7.47. The van der Waals surface area contributed by atoms with Gasteiger partial charge in [-0.05, 0) is 54.8 Å². The highest BCUT2D eigenvalue weighted by atomic mass is 32.2. The second kappa shape index (κ2) is 8.72. The van der Waals surface area contributed by atoms with Gasteiger partial charge in [0.2, 0.25) is 0 Å². The van der Waals surface area contributed by atoms with E-state index in [1.807, 2.05) is 54.2 Å². The van der Waals surface area contributed by atoms with Crippen molar-refractivity contribution in [1.29, 1.82) is 0 Å².